The van der Waals surface area contributed by atoms with Gasteiger partial charge in [0, 0.05) is 45.1 Å². The van der Waals surface area contributed by atoms with Gasteiger partial charge in [0.2, 0.25) is 29.5 Å². The summed E-state index contributed by atoms with van der Waals surface area (Å²) in [6, 6.07) is 2.56. The zero-order valence-electron chi connectivity index (χ0n) is 37.8. The topological polar surface area (TPSA) is 340 Å². The van der Waals surface area contributed by atoms with Crippen LogP contribution in [0.4, 0.5) is 0 Å². The molecule has 0 spiro atoms. The summed E-state index contributed by atoms with van der Waals surface area (Å²) in [6.45, 7) is 0.560. The van der Waals surface area contributed by atoms with Gasteiger partial charge in [0.1, 0.15) is 24.2 Å². The van der Waals surface area contributed by atoms with Crippen molar-refractivity contribution in [3.8, 4) is 0 Å². The van der Waals surface area contributed by atoms with Crippen molar-refractivity contribution in [2.75, 3.05) is 26.2 Å². The number of nitrogens with two attached hydrogens (primary N) is 5. The molecule has 2 heterocycles. The number of guanidine groups is 2. The van der Waals surface area contributed by atoms with Gasteiger partial charge in [0.25, 0.3) is 0 Å². The molecular formula is C45H74N12O8. The molecule has 1 saturated carbocycles. The molecule has 1 aliphatic carbocycles. The Balaban J connectivity index is 1.16. The Morgan fingerprint density at radius 1 is 0.738 bits per heavy atom. The normalized spacial score (nSPS) is 20.3. The molecule has 20 nitrogen and oxygen atoms in total. The van der Waals surface area contributed by atoms with E-state index in [-0.39, 0.29) is 61.0 Å². The maximum atomic E-state index is 14.4. The quantitative estimate of drug-likeness (QED) is 0.0321. The van der Waals surface area contributed by atoms with Crippen LogP contribution in [0.5, 0.6) is 0 Å². The second-order valence-corrected chi connectivity index (χ2v) is 17.6. The van der Waals surface area contributed by atoms with Crippen molar-refractivity contribution < 1.29 is 39.0 Å². The second kappa shape index (κ2) is 27.1. The largest absolute Gasteiger partial charge is 0.480 e. The summed E-state index contributed by atoms with van der Waals surface area (Å²) in [5.41, 5.74) is 29.3. The fraction of sp³-hybridized carbons (Fsp3) is 0.689. The Hall–Kier alpha value is -5.50. The van der Waals surface area contributed by atoms with Crippen molar-refractivity contribution >= 4 is 47.4 Å². The molecule has 1 aromatic rings. The number of aliphatic imine (C=N–C) groups is 2. The van der Waals surface area contributed by atoms with E-state index in [0.29, 0.717) is 58.2 Å². The van der Waals surface area contributed by atoms with Crippen LogP contribution in [0.1, 0.15) is 127 Å². The highest BCUT2D eigenvalue weighted by atomic mass is 16.4. The zero-order valence-corrected chi connectivity index (χ0v) is 37.8. The third-order valence-electron chi connectivity index (χ3n) is 12.8. The van der Waals surface area contributed by atoms with E-state index in [1.165, 1.54) is 9.80 Å². The minimum absolute atomic E-state index is 0.0374. The van der Waals surface area contributed by atoms with E-state index in [4.69, 9.17) is 28.7 Å². The van der Waals surface area contributed by atoms with Crippen LogP contribution in [0, 0.1) is 5.92 Å². The summed E-state index contributed by atoms with van der Waals surface area (Å²) in [4.78, 5) is 90.5. The SMILES string of the molecule is NC(N)=NCCC[C@H](NC(=O)[C@@H](N)CCCN=C(N)N)C(=O)NCCCCCCCCCCC(=O)N[C@@H](CO)C(=O)N1Cc2ccccc2C[C@H]1C(=O)N1C2CCCCC2C[C@H]1C(=O)O. The van der Waals surface area contributed by atoms with E-state index in [1.807, 2.05) is 24.3 Å². The minimum Gasteiger partial charge on any atom is -0.480 e. The van der Waals surface area contributed by atoms with Crippen LogP contribution in [-0.2, 0) is 41.7 Å². The van der Waals surface area contributed by atoms with Gasteiger partial charge in [-0.2, -0.15) is 0 Å². The molecule has 2 unspecified atom stereocenters. The summed E-state index contributed by atoms with van der Waals surface area (Å²) >= 11 is 0. The van der Waals surface area contributed by atoms with Crippen LogP contribution in [0.3, 0.4) is 0 Å². The number of amides is 5. The molecule has 0 radical (unpaired) electrons. The minimum atomic E-state index is -1.25. The number of carboxylic acids is 1. The molecule has 1 aromatic carbocycles. The van der Waals surface area contributed by atoms with Gasteiger partial charge >= 0.3 is 5.97 Å². The summed E-state index contributed by atoms with van der Waals surface area (Å²) in [5, 5.41) is 28.8. The van der Waals surface area contributed by atoms with Gasteiger partial charge in [-0.05, 0) is 74.8 Å². The van der Waals surface area contributed by atoms with Gasteiger partial charge in [0.05, 0.1) is 12.6 Å². The number of hydrogen-bond acceptors (Lipinski definition) is 10. The highest BCUT2D eigenvalue weighted by molar-refractivity contribution is 5.95. The van der Waals surface area contributed by atoms with Gasteiger partial charge in [-0.25, -0.2) is 4.79 Å². The molecular weight excluding hydrogens is 837 g/mol. The maximum Gasteiger partial charge on any atom is 0.326 e. The van der Waals surface area contributed by atoms with Gasteiger partial charge in [-0.15, -0.1) is 0 Å². The summed E-state index contributed by atoms with van der Waals surface area (Å²) in [6.07, 6.45) is 12.8. The third-order valence-corrected chi connectivity index (χ3v) is 12.8. The maximum absolute atomic E-state index is 14.4. The number of unbranched alkanes of at least 4 members (excludes halogenated alkanes) is 7. The number of aliphatic carboxylic acids is 1. The number of carboxylic acid groups (broad SMARTS) is 1. The van der Waals surface area contributed by atoms with E-state index in [9.17, 15) is 39.0 Å². The Morgan fingerprint density at radius 2 is 1.35 bits per heavy atom. The number of benzene rings is 1. The number of aliphatic hydroxyl groups is 1. The summed E-state index contributed by atoms with van der Waals surface area (Å²) in [5.74, 6) is -3.10. The first kappa shape index (κ1) is 52.1. The van der Waals surface area contributed by atoms with E-state index in [2.05, 4.69) is 25.9 Å². The average molecular weight is 911 g/mol. The lowest BCUT2D eigenvalue weighted by atomic mass is 9.84. The number of rotatable bonds is 27. The van der Waals surface area contributed by atoms with Crippen molar-refractivity contribution in [2.24, 2.45) is 44.6 Å². The monoisotopic (exact) mass is 911 g/mol. The molecule has 1 saturated heterocycles. The molecule has 2 aliphatic heterocycles. The lowest BCUT2D eigenvalue weighted by molar-refractivity contribution is -0.156. The molecule has 5 amide bonds. The third kappa shape index (κ3) is 16.5. The lowest BCUT2D eigenvalue weighted by Gasteiger charge is -2.42. The Bertz CT molecular complexity index is 1800. The molecule has 0 aromatic heterocycles. The van der Waals surface area contributed by atoms with Crippen LogP contribution < -0.4 is 44.6 Å². The highest BCUT2D eigenvalue weighted by Gasteiger charge is 2.51. The van der Waals surface area contributed by atoms with Crippen LogP contribution in [0.25, 0.3) is 0 Å². The van der Waals surface area contributed by atoms with Crippen molar-refractivity contribution in [3.05, 3.63) is 35.4 Å². The Morgan fingerprint density at radius 3 is 2.00 bits per heavy atom. The average Bonchev–Trinajstić information content (AvgIpc) is 3.68. The number of nitrogens with zero attached hydrogens (tertiary/aromatic N) is 4. The second-order valence-electron chi connectivity index (χ2n) is 17.6. The number of carbonyl (C=O) groups is 6. The molecule has 65 heavy (non-hydrogen) atoms. The molecule has 3 aliphatic rings. The molecule has 362 valence electrons. The van der Waals surface area contributed by atoms with Crippen molar-refractivity contribution in [3.63, 3.8) is 0 Å². The number of aliphatic hydroxyl groups excluding tert-OH is 1. The fourth-order valence-corrected chi connectivity index (χ4v) is 9.30. The van der Waals surface area contributed by atoms with E-state index in [0.717, 1.165) is 81.8 Å². The van der Waals surface area contributed by atoms with E-state index < -0.39 is 54.6 Å². The highest BCUT2D eigenvalue weighted by Crippen LogP contribution is 2.41. The van der Waals surface area contributed by atoms with Gasteiger partial charge in [0.15, 0.2) is 11.9 Å². The van der Waals surface area contributed by atoms with Crippen LogP contribution in [0.15, 0.2) is 34.3 Å². The van der Waals surface area contributed by atoms with Gasteiger partial charge in [-0.1, -0.05) is 75.6 Å². The molecule has 0 bridgehead atoms. The number of likely N-dealkylation sites (tertiary alicyclic amines) is 1. The number of hydrogen-bond donors (Lipinski definition) is 10. The lowest BCUT2D eigenvalue weighted by Crippen LogP contribution is -2.61. The fourth-order valence-electron chi connectivity index (χ4n) is 9.30. The predicted octanol–water partition coefficient (Wildman–Crippen LogP) is 0.208. The molecule has 7 atom stereocenters. The number of carbonyl (C=O) groups excluding carboxylic acids is 5. The first-order valence-electron chi connectivity index (χ1n) is 23.5. The Kier molecular flexibility index (Phi) is 21.7. The van der Waals surface area contributed by atoms with Crippen molar-refractivity contribution in [1.82, 2.24) is 25.8 Å². The first-order valence-corrected chi connectivity index (χ1v) is 23.5. The number of nitrogens with one attached hydrogen (secondary N) is 3. The van der Waals surface area contributed by atoms with E-state index in [1.54, 1.807) is 0 Å². The smallest absolute Gasteiger partial charge is 0.326 e. The number of fused-ring (bicyclic) bond motifs is 2. The van der Waals surface area contributed by atoms with Gasteiger partial charge < -0.3 is 64.6 Å². The van der Waals surface area contributed by atoms with Crippen LogP contribution in [0.2, 0.25) is 0 Å². The van der Waals surface area contributed by atoms with Crippen molar-refractivity contribution in [1.29, 1.82) is 0 Å². The van der Waals surface area contributed by atoms with Crippen LogP contribution in [-0.4, -0.2) is 130 Å². The predicted molar refractivity (Wildman–Crippen MR) is 246 cm³/mol. The summed E-state index contributed by atoms with van der Waals surface area (Å²) < 4.78 is 0. The first-order chi connectivity index (χ1) is 31.2. The molecule has 15 N–H and O–H groups in total. The Labute approximate surface area is 382 Å². The van der Waals surface area contributed by atoms with Crippen molar-refractivity contribution in [2.45, 2.75) is 165 Å². The van der Waals surface area contributed by atoms with Crippen LogP contribution >= 0.6 is 0 Å². The standard InChI is InChI=1S/C45H74N12O8/c46-32(18-13-23-52-44(47)48)39(60)55-33(19-14-24-53-45(49)50)40(61)51-22-12-6-4-2-1-3-5-7-21-38(59)54-34(28-58)41(62)56-27-31-17-9-8-15-29(31)25-36(56)42(63)57-35-20-11-10-16-30(35)26-37(57)43(64)65/h8-9,15,17,30,32-37,58H,1-7,10-14,16,18-28,46H2,(H,51,61)(H,54,59)(H,55,60)(H,64,65)(H4,47,48,52)(H4,49,50,53)/t30?,32-,33-,34-,35?,36-,37-/m0/s1. The molecule has 4 rings (SSSR count). The van der Waals surface area contributed by atoms with E-state index >= 15 is 0 Å². The molecule has 20 heteroatoms. The van der Waals surface area contributed by atoms with Gasteiger partial charge in [-0.3, -0.25) is 34.0 Å². The molecule has 2 fully saturated rings. The zero-order chi connectivity index (χ0) is 47.3. The summed E-state index contributed by atoms with van der Waals surface area (Å²) in [7, 11) is 0.